The molecule has 1 N–H and O–H groups in total. The predicted octanol–water partition coefficient (Wildman–Crippen LogP) is 2.58. The fourth-order valence-corrected chi connectivity index (χ4v) is 1.59. The van der Waals surface area contributed by atoms with Gasteiger partial charge < -0.3 is 5.11 Å². The molecule has 1 aromatic carbocycles. The van der Waals surface area contributed by atoms with Crippen LogP contribution in [0.5, 0.6) is 5.75 Å². The summed E-state index contributed by atoms with van der Waals surface area (Å²) in [6.07, 6.45) is 0.444. The minimum Gasteiger partial charge on any atom is -0.508 e. The minimum atomic E-state index is -1.05. The molecule has 0 aliphatic heterocycles. The van der Waals surface area contributed by atoms with E-state index in [0.717, 1.165) is 11.1 Å². The summed E-state index contributed by atoms with van der Waals surface area (Å²) in [4.78, 5) is 10.4. The summed E-state index contributed by atoms with van der Waals surface area (Å²) in [6.45, 7) is 6.01. The molecule has 0 aliphatic rings. The van der Waals surface area contributed by atoms with E-state index < -0.39 is 5.97 Å². The van der Waals surface area contributed by atoms with Gasteiger partial charge in [0.05, 0.1) is 6.42 Å². The van der Waals surface area contributed by atoms with Crippen LogP contribution in [0.25, 0.3) is 0 Å². The van der Waals surface area contributed by atoms with E-state index in [-0.39, 0.29) is 17.6 Å². The summed E-state index contributed by atoms with van der Waals surface area (Å²) in [7, 11) is 0. The third-order valence-corrected chi connectivity index (χ3v) is 2.49. The quantitative estimate of drug-likeness (QED) is 0.852. The molecule has 0 atom stereocenters. The summed E-state index contributed by atoms with van der Waals surface area (Å²) in [5, 5.41) is 20.1. The van der Waals surface area contributed by atoms with Crippen molar-refractivity contribution in [2.24, 2.45) is 0 Å². The molecule has 16 heavy (non-hydrogen) atoms. The predicted molar refractivity (Wildman–Crippen MR) is 60.8 cm³/mol. The maximum atomic E-state index is 10.4. The SMILES string of the molecule is CC(C)(C)c1cc(CCC([O])=O)ccc1O. The van der Waals surface area contributed by atoms with E-state index >= 15 is 0 Å². The lowest BCUT2D eigenvalue weighted by atomic mass is 9.85. The highest BCUT2D eigenvalue weighted by Gasteiger charge is 2.18. The molecule has 0 bridgehead atoms. The molecular formula is C13H17O3. The molecule has 87 valence electrons. The van der Waals surface area contributed by atoms with E-state index in [2.05, 4.69) is 0 Å². The standard InChI is InChI=1S/C13H17O3/c1-13(2,3)10-8-9(4-6-11(10)14)5-7-12(15)16/h4,6,8,14H,5,7H2,1-3H3. The van der Waals surface area contributed by atoms with Gasteiger partial charge in [0.2, 0.25) is 0 Å². The van der Waals surface area contributed by atoms with Crippen LogP contribution in [0.2, 0.25) is 0 Å². The lowest BCUT2D eigenvalue weighted by molar-refractivity contribution is -0.143. The van der Waals surface area contributed by atoms with Gasteiger partial charge in [-0.25, -0.2) is 9.90 Å². The van der Waals surface area contributed by atoms with Crippen molar-refractivity contribution in [1.29, 1.82) is 0 Å². The largest absolute Gasteiger partial charge is 0.508 e. The van der Waals surface area contributed by atoms with E-state index in [1.165, 1.54) is 0 Å². The van der Waals surface area contributed by atoms with Gasteiger partial charge in [0, 0.05) is 0 Å². The second-order valence-electron chi connectivity index (χ2n) is 4.97. The van der Waals surface area contributed by atoms with Crippen molar-refractivity contribution in [3.63, 3.8) is 0 Å². The first-order valence-corrected chi connectivity index (χ1v) is 5.33. The first-order valence-electron chi connectivity index (χ1n) is 5.33. The second kappa shape index (κ2) is 4.56. The van der Waals surface area contributed by atoms with Crippen molar-refractivity contribution in [3.05, 3.63) is 29.3 Å². The highest BCUT2D eigenvalue weighted by atomic mass is 16.4. The molecule has 3 nitrogen and oxygen atoms in total. The van der Waals surface area contributed by atoms with Gasteiger partial charge in [0.1, 0.15) is 5.75 Å². The van der Waals surface area contributed by atoms with Crippen LogP contribution in [-0.4, -0.2) is 11.1 Å². The van der Waals surface area contributed by atoms with E-state index in [0.29, 0.717) is 6.42 Å². The Bertz CT molecular complexity index is 389. The number of phenols is 1. The summed E-state index contributed by atoms with van der Waals surface area (Å²) in [5.74, 6) is -0.796. The highest BCUT2D eigenvalue weighted by molar-refractivity contribution is 5.66. The summed E-state index contributed by atoms with van der Waals surface area (Å²) >= 11 is 0. The molecule has 1 rings (SSSR count). The second-order valence-corrected chi connectivity index (χ2v) is 4.97. The number of aryl methyl sites for hydroxylation is 1. The maximum absolute atomic E-state index is 10.4. The van der Waals surface area contributed by atoms with Gasteiger partial charge in [-0.15, -0.1) is 0 Å². The van der Waals surface area contributed by atoms with Crippen molar-refractivity contribution in [2.75, 3.05) is 0 Å². The highest BCUT2D eigenvalue weighted by Crippen LogP contribution is 2.31. The smallest absolute Gasteiger partial charge is 0.355 e. The molecule has 0 aliphatic carbocycles. The number of carbonyl (C=O) groups is 1. The molecule has 0 unspecified atom stereocenters. The summed E-state index contributed by atoms with van der Waals surface area (Å²) in [5.41, 5.74) is 1.59. The van der Waals surface area contributed by atoms with Crippen molar-refractivity contribution < 1.29 is 15.0 Å². The third-order valence-electron chi connectivity index (χ3n) is 2.49. The van der Waals surface area contributed by atoms with E-state index in [4.69, 9.17) is 0 Å². The van der Waals surface area contributed by atoms with Gasteiger partial charge in [-0.2, -0.15) is 0 Å². The zero-order valence-corrected chi connectivity index (χ0v) is 9.91. The Kier molecular flexibility index (Phi) is 3.58. The van der Waals surface area contributed by atoms with Crippen molar-refractivity contribution in [3.8, 4) is 5.75 Å². The molecule has 0 saturated heterocycles. The number of aromatic hydroxyl groups is 1. The molecule has 1 aromatic rings. The molecule has 0 heterocycles. The monoisotopic (exact) mass is 221 g/mol. The molecule has 3 heteroatoms. The number of phenolic OH excluding ortho intramolecular Hbond substituents is 1. The molecule has 1 radical (unpaired) electrons. The normalized spacial score (nSPS) is 11.4. The molecular weight excluding hydrogens is 204 g/mol. The van der Waals surface area contributed by atoms with Crippen LogP contribution in [0.1, 0.15) is 38.3 Å². The van der Waals surface area contributed by atoms with Crippen LogP contribution >= 0.6 is 0 Å². The van der Waals surface area contributed by atoms with Crippen molar-refractivity contribution in [2.45, 2.75) is 39.0 Å². The number of benzene rings is 1. The van der Waals surface area contributed by atoms with Gasteiger partial charge >= 0.3 is 5.97 Å². The van der Waals surface area contributed by atoms with Gasteiger partial charge in [-0.05, 0) is 29.0 Å². The van der Waals surface area contributed by atoms with Gasteiger partial charge in [0.15, 0.2) is 0 Å². The number of hydrogen-bond donors (Lipinski definition) is 1. The van der Waals surface area contributed by atoms with Gasteiger partial charge in [-0.1, -0.05) is 32.9 Å². The third kappa shape index (κ3) is 3.26. The zero-order chi connectivity index (χ0) is 12.3. The van der Waals surface area contributed by atoms with Crippen molar-refractivity contribution >= 4 is 5.97 Å². The molecule has 0 spiro atoms. The van der Waals surface area contributed by atoms with Crippen molar-refractivity contribution in [1.82, 2.24) is 0 Å². The average molecular weight is 221 g/mol. The Morgan fingerprint density at radius 1 is 1.31 bits per heavy atom. The topological polar surface area (TPSA) is 57.2 Å². The Morgan fingerprint density at radius 3 is 2.44 bits per heavy atom. The van der Waals surface area contributed by atoms with Crippen LogP contribution < -0.4 is 0 Å². The lowest BCUT2D eigenvalue weighted by Gasteiger charge is -2.21. The molecule has 0 fully saturated rings. The Morgan fingerprint density at radius 2 is 1.94 bits per heavy atom. The Hall–Kier alpha value is -1.51. The van der Waals surface area contributed by atoms with E-state index in [1.807, 2.05) is 26.8 Å². The zero-order valence-electron chi connectivity index (χ0n) is 9.91. The van der Waals surface area contributed by atoms with Crippen LogP contribution in [0.15, 0.2) is 18.2 Å². The maximum Gasteiger partial charge on any atom is 0.355 e. The molecule has 0 saturated carbocycles. The summed E-state index contributed by atoms with van der Waals surface area (Å²) < 4.78 is 0. The van der Waals surface area contributed by atoms with Crippen LogP contribution in [0.4, 0.5) is 0 Å². The van der Waals surface area contributed by atoms with E-state index in [9.17, 15) is 15.0 Å². The number of hydrogen-bond acceptors (Lipinski definition) is 2. The molecule has 0 aromatic heterocycles. The van der Waals surface area contributed by atoms with Crippen LogP contribution in [0.3, 0.4) is 0 Å². The fraction of sp³-hybridized carbons (Fsp3) is 0.462. The lowest BCUT2D eigenvalue weighted by Crippen LogP contribution is -2.12. The number of carbonyl (C=O) groups excluding carboxylic acids is 1. The average Bonchev–Trinajstić information content (AvgIpc) is 2.14. The van der Waals surface area contributed by atoms with Crippen LogP contribution in [0, 0.1) is 0 Å². The fourth-order valence-electron chi connectivity index (χ4n) is 1.59. The number of rotatable bonds is 3. The summed E-state index contributed by atoms with van der Waals surface area (Å²) in [6, 6.07) is 5.22. The first kappa shape index (κ1) is 12.6. The van der Waals surface area contributed by atoms with Gasteiger partial charge in [0.25, 0.3) is 0 Å². The van der Waals surface area contributed by atoms with Gasteiger partial charge in [-0.3, -0.25) is 0 Å². The molecule has 0 amide bonds. The Balaban J connectivity index is 2.94. The van der Waals surface area contributed by atoms with E-state index in [1.54, 1.807) is 12.1 Å². The first-order chi connectivity index (χ1) is 7.30. The Labute approximate surface area is 95.7 Å². The minimum absolute atomic E-state index is 0.00829. The van der Waals surface area contributed by atoms with Crippen LogP contribution in [-0.2, 0) is 21.7 Å².